The van der Waals surface area contributed by atoms with Crippen LogP contribution in [0.2, 0.25) is 0 Å². The van der Waals surface area contributed by atoms with E-state index in [1.165, 1.54) is 0 Å². The molecule has 1 atom stereocenters. The summed E-state index contributed by atoms with van der Waals surface area (Å²) in [6.07, 6.45) is 2.35. The predicted octanol–water partition coefficient (Wildman–Crippen LogP) is 2.02. The molecule has 1 aromatic carbocycles. The van der Waals surface area contributed by atoms with Crippen LogP contribution in [0.3, 0.4) is 0 Å². The Morgan fingerprint density at radius 3 is 2.59 bits per heavy atom. The number of hydrogen-bond acceptors (Lipinski definition) is 5. The number of aryl methyl sites for hydroxylation is 1. The number of carbonyl (C=O) groups is 1. The molecular formula is C16H17N3O3. The van der Waals surface area contributed by atoms with Gasteiger partial charge in [-0.2, -0.15) is 0 Å². The van der Waals surface area contributed by atoms with E-state index >= 15 is 0 Å². The maximum atomic E-state index is 11.9. The zero-order valence-corrected chi connectivity index (χ0v) is 12.4. The summed E-state index contributed by atoms with van der Waals surface area (Å²) >= 11 is 0. The summed E-state index contributed by atoms with van der Waals surface area (Å²) in [6.45, 7) is 3.49. The van der Waals surface area contributed by atoms with Gasteiger partial charge in [0.2, 0.25) is 0 Å². The topological polar surface area (TPSA) is 86.8 Å². The summed E-state index contributed by atoms with van der Waals surface area (Å²) in [5.74, 6) is 0.0946. The van der Waals surface area contributed by atoms with E-state index in [1.54, 1.807) is 37.5 Å². The second-order valence-electron chi connectivity index (χ2n) is 4.65. The molecule has 22 heavy (non-hydrogen) atoms. The van der Waals surface area contributed by atoms with E-state index in [0.29, 0.717) is 11.3 Å². The van der Waals surface area contributed by atoms with Gasteiger partial charge in [0, 0.05) is 18.0 Å². The summed E-state index contributed by atoms with van der Waals surface area (Å²) in [5.41, 5.74) is 7.28. The minimum absolute atomic E-state index is 0.0961. The van der Waals surface area contributed by atoms with Crippen molar-refractivity contribution in [1.82, 2.24) is 4.98 Å². The first-order valence-corrected chi connectivity index (χ1v) is 6.75. The second kappa shape index (κ2) is 7.21. The van der Waals surface area contributed by atoms with Crippen molar-refractivity contribution in [3.8, 4) is 5.75 Å². The first-order chi connectivity index (χ1) is 10.6. The van der Waals surface area contributed by atoms with Crippen LogP contribution >= 0.6 is 0 Å². The number of rotatable bonds is 5. The minimum atomic E-state index is -0.796. The van der Waals surface area contributed by atoms with E-state index in [9.17, 15) is 4.79 Å². The second-order valence-corrected chi connectivity index (χ2v) is 4.65. The van der Waals surface area contributed by atoms with E-state index in [0.717, 1.165) is 5.56 Å². The lowest BCUT2D eigenvalue weighted by molar-refractivity contribution is -0.151. The number of nitrogens with two attached hydrogens (primary N) is 1. The molecule has 2 aromatic rings. The van der Waals surface area contributed by atoms with Crippen molar-refractivity contribution in [1.29, 1.82) is 0 Å². The molecule has 0 aliphatic carbocycles. The lowest BCUT2D eigenvalue weighted by Crippen LogP contribution is -2.26. The van der Waals surface area contributed by atoms with Crippen LogP contribution in [0.15, 0.2) is 53.9 Å². The monoisotopic (exact) mass is 299 g/mol. The van der Waals surface area contributed by atoms with Crippen molar-refractivity contribution in [2.24, 2.45) is 10.9 Å². The largest absolute Gasteiger partial charge is 0.479 e. The third-order valence-corrected chi connectivity index (χ3v) is 2.94. The van der Waals surface area contributed by atoms with E-state index in [4.69, 9.17) is 15.3 Å². The maximum absolute atomic E-state index is 11.9. The van der Waals surface area contributed by atoms with Gasteiger partial charge in [-0.3, -0.25) is 4.98 Å². The first-order valence-electron chi connectivity index (χ1n) is 6.75. The molecule has 0 radical (unpaired) electrons. The number of benzene rings is 1. The first kappa shape index (κ1) is 15.5. The predicted molar refractivity (Wildman–Crippen MR) is 82.3 cm³/mol. The fourth-order valence-electron chi connectivity index (χ4n) is 1.67. The van der Waals surface area contributed by atoms with E-state index < -0.39 is 12.1 Å². The lowest BCUT2D eigenvalue weighted by atomic mass is 10.2. The highest BCUT2D eigenvalue weighted by Gasteiger charge is 2.17. The highest BCUT2D eigenvalue weighted by Crippen LogP contribution is 2.18. The van der Waals surface area contributed by atoms with Gasteiger partial charge >= 0.3 is 5.97 Å². The Balaban J connectivity index is 1.96. The third-order valence-electron chi connectivity index (χ3n) is 2.94. The molecule has 0 spiro atoms. The van der Waals surface area contributed by atoms with Crippen LogP contribution in [0.5, 0.6) is 5.75 Å². The molecule has 0 fully saturated rings. The molecule has 0 bridgehead atoms. The van der Waals surface area contributed by atoms with Crippen LogP contribution in [-0.2, 0) is 9.63 Å². The van der Waals surface area contributed by atoms with Gasteiger partial charge in [-0.15, -0.1) is 0 Å². The van der Waals surface area contributed by atoms with Crippen molar-refractivity contribution < 1.29 is 14.4 Å². The quantitative estimate of drug-likeness (QED) is 0.395. The normalized spacial score (nSPS) is 12.5. The van der Waals surface area contributed by atoms with Crippen LogP contribution in [0.1, 0.15) is 18.1 Å². The lowest BCUT2D eigenvalue weighted by Gasteiger charge is -2.13. The summed E-state index contributed by atoms with van der Waals surface area (Å²) < 4.78 is 5.55. The van der Waals surface area contributed by atoms with E-state index in [-0.39, 0.29) is 5.84 Å². The fraction of sp³-hybridized carbons (Fsp3) is 0.188. The van der Waals surface area contributed by atoms with Gasteiger partial charge in [0.1, 0.15) is 5.75 Å². The van der Waals surface area contributed by atoms with E-state index in [2.05, 4.69) is 10.1 Å². The number of carbonyl (C=O) groups excluding carboxylic acids is 1. The molecule has 1 aromatic heterocycles. The molecule has 6 heteroatoms. The molecule has 2 N–H and O–H groups in total. The molecule has 2 rings (SSSR count). The molecular weight excluding hydrogens is 282 g/mol. The molecule has 114 valence electrons. The molecule has 1 heterocycles. The molecule has 0 saturated heterocycles. The summed E-state index contributed by atoms with van der Waals surface area (Å²) in [4.78, 5) is 20.6. The number of para-hydroxylation sites is 1. The Hall–Kier alpha value is -2.89. The number of nitrogens with zero attached hydrogens (tertiary/aromatic N) is 2. The molecule has 0 aliphatic heterocycles. The van der Waals surface area contributed by atoms with Gasteiger partial charge in [-0.25, -0.2) is 4.79 Å². The van der Waals surface area contributed by atoms with Gasteiger partial charge in [-0.1, -0.05) is 23.4 Å². The summed E-state index contributed by atoms with van der Waals surface area (Å²) in [7, 11) is 0. The van der Waals surface area contributed by atoms with Gasteiger partial charge in [0.15, 0.2) is 11.9 Å². The smallest absolute Gasteiger partial charge is 0.374 e. The fourth-order valence-corrected chi connectivity index (χ4v) is 1.67. The van der Waals surface area contributed by atoms with Crippen molar-refractivity contribution >= 4 is 11.8 Å². The van der Waals surface area contributed by atoms with Crippen molar-refractivity contribution in [3.63, 3.8) is 0 Å². The number of hydrogen-bond donors (Lipinski definition) is 1. The molecule has 6 nitrogen and oxygen atoms in total. The van der Waals surface area contributed by atoms with Crippen molar-refractivity contribution in [2.45, 2.75) is 20.0 Å². The Bertz CT molecular complexity index is 671. The highest BCUT2D eigenvalue weighted by atomic mass is 16.7. The van der Waals surface area contributed by atoms with E-state index in [1.807, 2.05) is 25.1 Å². The van der Waals surface area contributed by atoms with Gasteiger partial charge in [0.05, 0.1) is 0 Å². The van der Waals surface area contributed by atoms with Gasteiger partial charge in [-0.05, 0) is 37.6 Å². The summed E-state index contributed by atoms with van der Waals surface area (Å²) in [6, 6.07) is 10.7. The molecule has 0 aliphatic rings. The number of oxime groups is 1. The van der Waals surface area contributed by atoms with Crippen LogP contribution < -0.4 is 10.5 Å². The average molecular weight is 299 g/mol. The Morgan fingerprint density at radius 2 is 1.91 bits per heavy atom. The Morgan fingerprint density at radius 1 is 1.23 bits per heavy atom. The van der Waals surface area contributed by atoms with Crippen LogP contribution in [-0.4, -0.2) is 22.9 Å². The van der Waals surface area contributed by atoms with Crippen LogP contribution in [0.4, 0.5) is 0 Å². The third kappa shape index (κ3) is 4.05. The number of pyridine rings is 1. The SMILES string of the molecule is Cc1ccccc1OC(C)C(=O)ON=C(N)c1ccncc1. The zero-order valence-electron chi connectivity index (χ0n) is 12.4. The highest BCUT2D eigenvalue weighted by molar-refractivity contribution is 5.97. The Kier molecular flexibility index (Phi) is 5.08. The van der Waals surface area contributed by atoms with Crippen LogP contribution in [0.25, 0.3) is 0 Å². The zero-order chi connectivity index (χ0) is 15.9. The molecule has 0 amide bonds. The van der Waals surface area contributed by atoms with Crippen molar-refractivity contribution in [2.75, 3.05) is 0 Å². The van der Waals surface area contributed by atoms with Gasteiger partial charge in [0.25, 0.3) is 0 Å². The maximum Gasteiger partial charge on any atom is 0.374 e. The Labute approximate surface area is 128 Å². The number of amidine groups is 1. The summed E-state index contributed by atoms with van der Waals surface area (Å²) in [5, 5.41) is 3.62. The molecule has 0 saturated carbocycles. The van der Waals surface area contributed by atoms with Crippen LogP contribution in [0, 0.1) is 6.92 Å². The molecule has 1 unspecified atom stereocenters. The minimum Gasteiger partial charge on any atom is -0.479 e. The van der Waals surface area contributed by atoms with Crippen molar-refractivity contribution in [3.05, 3.63) is 59.9 Å². The number of aromatic nitrogens is 1. The number of ether oxygens (including phenoxy) is 1. The van der Waals surface area contributed by atoms with Gasteiger partial charge < -0.3 is 15.3 Å². The average Bonchev–Trinajstić information content (AvgIpc) is 2.55. The standard InChI is InChI=1S/C16H17N3O3/c1-11-5-3-4-6-14(11)21-12(2)16(20)22-19-15(17)13-7-9-18-10-8-13/h3-10,12H,1-2H3,(H2,17,19).